The number of fused-ring (bicyclic) bond motifs is 4. The summed E-state index contributed by atoms with van der Waals surface area (Å²) in [6.45, 7) is 0. The summed E-state index contributed by atoms with van der Waals surface area (Å²) >= 11 is 0. The number of rotatable bonds is 5. The van der Waals surface area contributed by atoms with Crippen LogP contribution in [0.25, 0.3) is 27.1 Å². The lowest BCUT2D eigenvalue weighted by Gasteiger charge is -2.12. The molecule has 5 rings (SSSR count). The van der Waals surface area contributed by atoms with Crippen LogP contribution in [0.2, 0.25) is 0 Å². The lowest BCUT2D eigenvalue weighted by Crippen LogP contribution is -2.22. The van der Waals surface area contributed by atoms with Gasteiger partial charge in [-0.3, -0.25) is 0 Å². The minimum Gasteiger partial charge on any atom is -0.507 e. The van der Waals surface area contributed by atoms with Crippen molar-refractivity contribution in [3.8, 4) is 23.0 Å². The van der Waals surface area contributed by atoms with E-state index in [0.717, 1.165) is 39.0 Å². The Kier molecular flexibility index (Phi) is 4.94. The number of methoxy groups -OCH3 is 3. The van der Waals surface area contributed by atoms with Crippen LogP contribution in [0.4, 0.5) is 0 Å². The number of ether oxygens (including phenoxy) is 3. The summed E-state index contributed by atoms with van der Waals surface area (Å²) in [5.74, 6) is 2.17. The van der Waals surface area contributed by atoms with E-state index in [9.17, 15) is 5.11 Å². The fraction of sp³-hybridized carbons (Fsp3) is 0.148. The fourth-order valence-electron chi connectivity index (χ4n) is 4.32. The zero-order valence-corrected chi connectivity index (χ0v) is 18.3. The standard InChI is InChI=1S/C27H23NO4/c1-30-20-10-18-11-24-22-14-27(32-3)26(31-2)13-21(22)19(9-17-7-5-4-6-8-17)15-28(24)16-23(18)25(29)12-20/h4-8,10-16H,9H2,1-3H3/p+1. The van der Waals surface area contributed by atoms with E-state index in [0.29, 0.717) is 17.2 Å². The van der Waals surface area contributed by atoms with E-state index in [-0.39, 0.29) is 5.75 Å². The Morgan fingerprint density at radius 3 is 2.16 bits per heavy atom. The quantitative estimate of drug-likeness (QED) is 0.243. The Morgan fingerprint density at radius 2 is 1.47 bits per heavy atom. The summed E-state index contributed by atoms with van der Waals surface area (Å²) in [7, 11) is 4.89. The summed E-state index contributed by atoms with van der Waals surface area (Å²) in [5, 5.41) is 14.4. The van der Waals surface area contributed by atoms with Gasteiger partial charge in [-0.15, -0.1) is 0 Å². The number of benzene rings is 3. The lowest BCUT2D eigenvalue weighted by molar-refractivity contribution is -0.509. The van der Waals surface area contributed by atoms with Gasteiger partial charge in [0.05, 0.1) is 32.1 Å². The van der Waals surface area contributed by atoms with Crippen molar-refractivity contribution in [1.82, 2.24) is 0 Å². The number of phenols is 1. The molecule has 0 radical (unpaired) electrons. The van der Waals surface area contributed by atoms with Crippen molar-refractivity contribution in [2.75, 3.05) is 21.3 Å². The van der Waals surface area contributed by atoms with Gasteiger partial charge in [0, 0.05) is 34.9 Å². The van der Waals surface area contributed by atoms with Crippen LogP contribution in [0, 0.1) is 0 Å². The lowest BCUT2D eigenvalue weighted by atomic mass is 9.98. The number of hydrogen-bond acceptors (Lipinski definition) is 4. The summed E-state index contributed by atoms with van der Waals surface area (Å²) in [6, 6.07) is 20.1. The van der Waals surface area contributed by atoms with Crippen molar-refractivity contribution in [3.63, 3.8) is 0 Å². The maximum absolute atomic E-state index is 10.6. The van der Waals surface area contributed by atoms with Gasteiger partial charge in [0.1, 0.15) is 11.5 Å². The largest absolute Gasteiger partial charge is 0.507 e. The Labute approximate surface area is 186 Å². The molecule has 5 nitrogen and oxygen atoms in total. The van der Waals surface area contributed by atoms with Crippen LogP contribution < -0.4 is 18.6 Å². The molecule has 0 aliphatic carbocycles. The van der Waals surface area contributed by atoms with E-state index in [4.69, 9.17) is 14.2 Å². The zero-order valence-electron chi connectivity index (χ0n) is 18.3. The first-order valence-corrected chi connectivity index (χ1v) is 10.4. The third-order valence-corrected chi connectivity index (χ3v) is 5.92. The molecule has 0 unspecified atom stereocenters. The average molecular weight is 426 g/mol. The smallest absolute Gasteiger partial charge is 0.219 e. The molecular formula is C27H24NO4+. The molecule has 1 N–H and O–H groups in total. The molecule has 2 aromatic heterocycles. The normalized spacial score (nSPS) is 11.2. The maximum Gasteiger partial charge on any atom is 0.219 e. The van der Waals surface area contributed by atoms with Gasteiger partial charge in [-0.2, -0.15) is 4.40 Å². The summed E-state index contributed by atoms with van der Waals surface area (Å²) < 4.78 is 18.6. The van der Waals surface area contributed by atoms with Crippen LogP contribution in [-0.4, -0.2) is 26.4 Å². The molecule has 0 atom stereocenters. The molecule has 0 spiro atoms. The number of phenolic OH excluding ortho intramolecular Hbond substituents is 1. The fourth-order valence-corrected chi connectivity index (χ4v) is 4.32. The molecule has 2 heterocycles. The monoisotopic (exact) mass is 426 g/mol. The molecule has 5 aromatic rings. The highest BCUT2D eigenvalue weighted by atomic mass is 16.5. The van der Waals surface area contributed by atoms with Crippen LogP contribution in [-0.2, 0) is 6.42 Å². The molecule has 0 saturated heterocycles. The summed E-state index contributed by atoms with van der Waals surface area (Å²) in [6.07, 6.45) is 4.85. The molecule has 0 bridgehead atoms. The van der Waals surface area contributed by atoms with Crippen molar-refractivity contribution in [1.29, 1.82) is 0 Å². The molecule has 0 aliphatic rings. The molecule has 0 saturated carbocycles. The van der Waals surface area contributed by atoms with Gasteiger partial charge in [-0.05, 0) is 23.8 Å². The van der Waals surface area contributed by atoms with E-state index in [2.05, 4.69) is 28.8 Å². The Bertz CT molecular complexity index is 1460. The minimum absolute atomic E-state index is 0.186. The van der Waals surface area contributed by atoms with Crippen molar-refractivity contribution in [3.05, 3.63) is 84.2 Å². The number of pyridine rings is 2. The number of aromatic hydroxyl groups is 1. The third kappa shape index (κ3) is 3.32. The maximum atomic E-state index is 10.6. The molecule has 160 valence electrons. The van der Waals surface area contributed by atoms with Crippen LogP contribution in [0.3, 0.4) is 0 Å². The highest BCUT2D eigenvalue weighted by molar-refractivity contribution is 6.01. The van der Waals surface area contributed by atoms with Gasteiger partial charge in [0.15, 0.2) is 23.9 Å². The van der Waals surface area contributed by atoms with Gasteiger partial charge in [0.25, 0.3) is 0 Å². The van der Waals surface area contributed by atoms with Gasteiger partial charge in [-0.1, -0.05) is 30.3 Å². The van der Waals surface area contributed by atoms with Gasteiger partial charge < -0.3 is 19.3 Å². The second-order valence-electron chi connectivity index (χ2n) is 7.78. The molecule has 0 amide bonds. The van der Waals surface area contributed by atoms with E-state index in [1.54, 1.807) is 27.4 Å². The molecule has 0 aliphatic heterocycles. The minimum atomic E-state index is 0.186. The Hall–Kier alpha value is -3.99. The highest BCUT2D eigenvalue weighted by Crippen LogP contribution is 2.37. The van der Waals surface area contributed by atoms with Crippen LogP contribution in [0.15, 0.2) is 73.1 Å². The van der Waals surface area contributed by atoms with Crippen LogP contribution in [0.1, 0.15) is 11.1 Å². The second kappa shape index (κ2) is 7.93. The van der Waals surface area contributed by atoms with E-state index < -0.39 is 0 Å². The SMILES string of the molecule is COc1cc(O)c2c[n+]3cc(Cc4ccccc4)c4cc(OC)c(OC)cc4c3cc2c1. The highest BCUT2D eigenvalue weighted by Gasteiger charge is 2.19. The number of hydrogen-bond donors (Lipinski definition) is 1. The predicted octanol–water partition coefficient (Wildman–Crippen LogP) is 5.05. The van der Waals surface area contributed by atoms with E-state index >= 15 is 0 Å². The van der Waals surface area contributed by atoms with Crippen molar-refractivity contribution >= 4 is 27.1 Å². The summed E-state index contributed by atoms with van der Waals surface area (Å²) in [5.41, 5.74) is 3.37. The first kappa shape index (κ1) is 19.9. The van der Waals surface area contributed by atoms with Gasteiger partial charge in [0.2, 0.25) is 5.52 Å². The van der Waals surface area contributed by atoms with Crippen LogP contribution >= 0.6 is 0 Å². The Morgan fingerprint density at radius 1 is 0.750 bits per heavy atom. The molecule has 32 heavy (non-hydrogen) atoms. The van der Waals surface area contributed by atoms with Crippen LogP contribution in [0.5, 0.6) is 23.0 Å². The average Bonchev–Trinajstić information content (AvgIpc) is 2.83. The van der Waals surface area contributed by atoms with E-state index in [1.807, 2.05) is 42.6 Å². The predicted molar refractivity (Wildman–Crippen MR) is 125 cm³/mol. The number of aromatic nitrogens is 1. The summed E-state index contributed by atoms with van der Waals surface area (Å²) in [4.78, 5) is 0. The second-order valence-corrected chi connectivity index (χ2v) is 7.78. The van der Waals surface area contributed by atoms with Crippen molar-refractivity contribution < 1.29 is 23.7 Å². The first-order valence-electron chi connectivity index (χ1n) is 10.4. The first-order chi connectivity index (χ1) is 15.6. The molecule has 0 fully saturated rings. The number of nitrogens with zero attached hydrogens (tertiary/aromatic N) is 1. The van der Waals surface area contributed by atoms with Gasteiger partial charge in [-0.25, -0.2) is 0 Å². The van der Waals surface area contributed by atoms with Crippen molar-refractivity contribution in [2.45, 2.75) is 6.42 Å². The van der Waals surface area contributed by atoms with E-state index in [1.165, 1.54) is 5.56 Å². The molecule has 3 aromatic carbocycles. The van der Waals surface area contributed by atoms with Gasteiger partial charge >= 0.3 is 0 Å². The van der Waals surface area contributed by atoms with Crippen molar-refractivity contribution in [2.24, 2.45) is 0 Å². The molecule has 5 heteroatoms. The Balaban J connectivity index is 1.87. The zero-order chi connectivity index (χ0) is 22.2. The molecular weight excluding hydrogens is 402 g/mol. The topological polar surface area (TPSA) is 52.0 Å². The third-order valence-electron chi connectivity index (χ3n) is 5.92.